The number of unbranched alkanes of at least 4 members (excludes halogenated alkanes) is 1. The molecule has 0 bridgehead atoms. The van der Waals surface area contributed by atoms with Crippen molar-refractivity contribution in [1.29, 1.82) is 0 Å². The van der Waals surface area contributed by atoms with Gasteiger partial charge in [-0.3, -0.25) is 0 Å². The van der Waals surface area contributed by atoms with Gasteiger partial charge in [0.25, 0.3) is 0 Å². The Morgan fingerprint density at radius 1 is 1.24 bits per heavy atom. The summed E-state index contributed by atoms with van der Waals surface area (Å²) in [6, 6.07) is 8.56. The minimum atomic E-state index is 0.675. The molecule has 1 aromatic rings. The summed E-state index contributed by atoms with van der Waals surface area (Å²) in [4.78, 5) is 0. The van der Waals surface area contributed by atoms with Crippen molar-refractivity contribution in [1.82, 2.24) is 5.32 Å². The van der Waals surface area contributed by atoms with Crippen molar-refractivity contribution in [2.45, 2.75) is 38.5 Å². The molecular weight excluding hydrogens is 210 g/mol. The smallest absolute Gasteiger partial charge is 0.122 e. The summed E-state index contributed by atoms with van der Waals surface area (Å²) in [5, 5.41) is 3.42. The highest BCUT2D eigenvalue weighted by Gasteiger charge is 2.18. The second-order valence-electron chi connectivity index (χ2n) is 4.76. The molecule has 0 amide bonds. The van der Waals surface area contributed by atoms with E-state index in [9.17, 15) is 0 Å². The fourth-order valence-corrected chi connectivity index (χ4v) is 2.41. The molecule has 17 heavy (non-hydrogen) atoms. The van der Waals surface area contributed by atoms with Gasteiger partial charge in [-0.15, -0.1) is 0 Å². The summed E-state index contributed by atoms with van der Waals surface area (Å²) in [6.07, 6.45) is 4.79. The molecule has 0 radical (unpaired) electrons. The van der Waals surface area contributed by atoms with Gasteiger partial charge < -0.3 is 10.1 Å². The first-order valence-electron chi connectivity index (χ1n) is 6.84. The summed E-state index contributed by atoms with van der Waals surface area (Å²) in [5.41, 5.74) is 1.41. The lowest BCUT2D eigenvalue weighted by Crippen LogP contribution is -2.26. The zero-order valence-electron chi connectivity index (χ0n) is 10.7. The van der Waals surface area contributed by atoms with Crippen LogP contribution < -0.4 is 10.1 Å². The Balaban J connectivity index is 2.03. The van der Waals surface area contributed by atoms with Crippen molar-refractivity contribution in [3.8, 4) is 5.75 Å². The number of hydrogen-bond donors (Lipinski definition) is 1. The quantitative estimate of drug-likeness (QED) is 0.788. The molecule has 0 aromatic heterocycles. The zero-order chi connectivity index (χ0) is 11.9. The van der Waals surface area contributed by atoms with E-state index in [1.54, 1.807) is 0 Å². The molecule has 0 atom stereocenters. The van der Waals surface area contributed by atoms with Crippen molar-refractivity contribution in [3.05, 3.63) is 29.8 Å². The van der Waals surface area contributed by atoms with Crippen LogP contribution in [0.15, 0.2) is 24.3 Å². The molecule has 0 aliphatic carbocycles. The van der Waals surface area contributed by atoms with Gasteiger partial charge in [0, 0.05) is 0 Å². The van der Waals surface area contributed by atoms with Gasteiger partial charge in [0.1, 0.15) is 5.75 Å². The minimum Gasteiger partial charge on any atom is -0.493 e. The monoisotopic (exact) mass is 233 g/mol. The molecule has 0 saturated carbocycles. The molecule has 2 rings (SSSR count). The topological polar surface area (TPSA) is 21.3 Å². The number of para-hydroxylation sites is 1. The van der Waals surface area contributed by atoms with E-state index in [4.69, 9.17) is 4.74 Å². The van der Waals surface area contributed by atoms with E-state index in [0.29, 0.717) is 5.92 Å². The van der Waals surface area contributed by atoms with Gasteiger partial charge in [-0.2, -0.15) is 0 Å². The van der Waals surface area contributed by atoms with Crippen molar-refractivity contribution >= 4 is 0 Å². The van der Waals surface area contributed by atoms with Crippen LogP contribution in [0.5, 0.6) is 5.75 Å². The normalized spacial score (nSPS) is 17.0. The lowest BCUT2D eigenvalue weighted by atomic mass is 9.89. The Kier molecular flexibility index (Phi) is 4.87. The van der Waals surface area contributed by atoms with Gasteiger partial charge in [-0.25, -0.2) is 0 Å². The lowest BCUT2D eigenvalue weighted by molar-refractivity contribution is 0.301. The number of ether oxygens (including phenoxy) is 1. The molecule has 1 aliphatic heterocycles. The third-order valence-electron chi connectivity index (χ3n) is 3.45. The Morgan fingerprint density at radius 2 is 2.00 bits per heavy atom. The summed E-state index contributed by atoms with van der Waals surface area (Å²) in [7, 11) is 0. The van der Waals surface area contributed by atoms with Crippen LogP contribution in [0, 0.1) is 0 Å². The van der Waals surface area contributed by atoms with Gasteiger partial charge in [-0.1, -0.05) is 31.5 Å². The van der Waals surface area contributed by atoms with Crippen LogP contribution in [0.3, 0.4) is 0 Å². The Bertz CT molecular complexity index is 331. The lowest BCUT2D eigenvalue weighted by Gasteiger charge is -2.24. The first-order valence-corrected chi connectivity index (χ1v) is 6.84. The highest BCUT2D eigenvalue weighted by atomic mass is 16.5. The maximum atomic E-state index is 5.91. The number of hydrogen-bond acceptors (Lipinski definition) is 2. The fraction of sp³-hybridized carbons (Fsp3) is 0.600. The third kappa shape index (κ3) is 3.47. The van der Waals surface area contributed by atoms with Crippen LogP contribution in [0.4, 0.5) is 0 Å². The molecule has 94 valence electrons. The molecule has 0 spiro atoms. The molecule has 0 unspecified atom stereocenters. The van der Waals surface area contributed by atoms with E-state index in [0.717, 1.165) is 31.9 Å². The molecule has 1 N–H and O–H groups in total. The third-order valence-corrected chi connectivity index (χ3v) is 3.45. The molecule has 2 nitrogen and oxygen atoms in total. The van der Waals surface area contributed by atoms with Gasteiger partial charge in [-0.05, 0) is 49.9 Å². The molecule has 1 heterocycles. The summed E-state index contributed by atoms with van der Waals surface area (Å²) in [5.74, 6) is 1.78. The second-order valence-corrected chi connectivity index (χ2v) is 4.76. The van der Waals surface area contributed by atoms with Gasteiger partial charge in [0.05, 0.1) is 6.61 Å². The molecule has 1 saturated heterocycles. The van der Waals surface area contributed by atoms with Crippen LogP contribution in [0.1, 0.15) is 44.1 Å². The van der Waals surface area contributed by atoms with E-state index in [1.165, 1.54) is 24.8 Å². The van der Waals surface area contributed by atoms with Crippen molar-refractivity contribution in [3.63, 3.8) is 0 Å². The number of rotatable bonds is 5. The average molecular weight is 233 g/mol. The molecule has 1 aromatic carbocycles. The number of nitrogens with one attached hydrogen (secondary N) is 1. The minimum absolute atomic E-state index is 0.675. The molecule has 1 fully saturated rings. The first-order chi connectivity index (χ1) is 8.42. The SMILES string of the molecule is CCCCOc1ccccc1C1CCNCC1. The van der Waals surface area contributed by atoms with Crippen LogP contribution in [0.25, 0.3) is 0 Å². The van der Waals surface area contributed by atoms with Crippen molar-refractivity contribution < 1.29 is 4.74 Å². The first kappa shape index (κ1) is 12.4. The molecular formula is C15H23NO. The zero-order valence-corrected chi connectivity index (χ0v) is 10.7. The highest BCUT2D eigenvalue weighted by Crippen LogP contribution is 2.32. The van der Waals surface area contributed by atoms with E-state index in [2.05, 4.69) is 36.5 Å². The van der Waals surface area contributed by atoms with Crippen molar-refractivity contribution in [2.24, 2.45) is 0 Å². The van der Waals surface area contributed by atoms with Crippen LogP contribution >= 0.6 is 0 Å². The Labute approximate surface area is 104 Å². The van der Waals surface area contributed by atoms with E-state index >= 15 is 0 Å². The molecule has 2 heteroatoms. The van der Waals surface area contributed by atoms with Gasteiger partial charge in [0.15, 0.2) is 0 Å². The maximum Gasteiger partial charge on any atom is 0.122 e. The highest BCUT2D eigenvalue weighted by molar-refractivity contribution is 5.36. The van der Waals surface area contributed by atoms with Gasteiger partial charge >= 0.3 is 0 Å². The van der Waals surface area contributed by atoms with Gasteiger partial charge in [0.2, 0.25) is 0 Å². The predicted octanol–water partition coefficient (Wildman–Crippen LogP) is 3.33. The Morgan fingerprint density at radius 3 is 2.76 bits per heavy atom. The van der Waals surface area contributed by atoms with Crippen LogP contribution in [-0.2, 0) is 0 Å². The fourth-order valence-electron chi connectivity index (χ4n) is 2.41. The second kappa shape index (κ2) is 6.65. The van der Waals surface area contributed by atoms with E-state index in [-0.39, 0.29) is 0 Å². The standard InChI is InChI=1S/C15H23NO/c1-2-3-12-17-15-7-5-4-6-14(15)13-8-10-16-11-9-13/h4-7,13,16H,2-3,8-12H2,1H3. The Hall–Kier alpha value is -1.02. The van der Waals surface area contributed by atoms with Crippen LogP contribution in [0.2, 0.25) is 0 Å². The molecule has 1 aliphatic rings. The summed E-state index contributed by atoms with van der Waals surface area (Å²) in [6.45, 7) is 5.31. The maximum absolute atomic E-state index is 5.91. The summed E-state index contributed by atoms with van der Waals surface area (Å²) < 4.78 is 5.91. The number of benzene rings is 1. The number of piperidine rings is 1. The largest absolute Gasteiger partial charge is 0.493 e. The van der Waals surface area contributed by atoms with E-state index in [1.807, 2.05) is 0 Å². The summed E-state index contributed by atoms with van der Waals surface area (Å²) >= 11 is 0. The predicted molar refractivity (Wildman–Crippen MR) is 71.7 cm³/mol. The van der Waals surface area contributed by atoms with E-state index < -0.39 is 0 Å². The average Bonchev–Trinajstić information content (AvgIpc) is 2.41. The van der Waals surface area contributed by atoms with Crippen LogP contribution in [-0.4, -0.2) is 19.7 Å². The van der Waals surface area contributed by atoms with Crippen molar-refractivity contribution in [2.75, 3.05) is 19.7 Å².